The third-order valence-electron chi connectivity index (χ3n) is 4.24. The Morgan fingerprint density at radius 2 is 2.14 bits per heavy atom. The standard InChI is InChI=1S/C15H23ClN2O2S/c1-2-11-4-3-5-13(8-11)18-21(19,20)14-7-6-12(10-17)15(16)9-14/h6-7,9,11,13,18H,2-5,8,10,17H2,1H3. The van der Waals surface area contributed by atoms with Crippen LogP contribution in [0, 0.1) is 5.92 Å². The van der Waals surface area contributed by atoms with Gasteiger partial charge in [0.15, 0.2) is 0 Å². The highest BCUT2D eigenvalue weighted by Gasteiger charge is 2.26. The molecule has 1 aromatic carbocycles. The number of hydrogen-bond donors (Lipinski definition) is 2. The van der Waals surface area contributed by atoms with Gasteiger partial charge in [0.25, 0.3) is 0 Å². The molecule has 6 heteroatoms. The van der Waals surface area contributed by atoms with E-state index in [1.165, 1.54) is 12.5 Å². The fourth-order valence-electron chi connectivity index (χ4n) is 2.92. The Bertz CT molecular complexity index is 589. The van der Waals surface area contributed by atoms with Crippen molar-refractivity contribution < 1.29 is 8.42 Å². The summed E-state index contributed by atoms with van der Waals surface area (Å²) in [6.45, 7) is 2.46. The highest BCUT2D eigenvalue weighted by atomic mass is 35.5. The largest absolute Gasteiger partial charge is 0.326 e. The molecule has 1 aliphatic carbocycles. The van der Waals surface area contributed by atoms with E-state index in [0.717, 1.165) is 31.2 Å². The van der Waals surface area contributed by atoms with Gasteiger partial charge in [0, 0.05) is 17.6 Å². The van der Waals surface area contributed by atoms with Gasteiger partial charge in [-0.1, -0.05) is 43.9 Å². The molecule has 0 bridgehead atoms. The van der Waals surface area contributed by atoms with E-state index in [1.807, 2.05) is 0 Å². The third-order valence-corrected chi connectivity index (χ3v) is 6.11. The first kappa shape index (κ1) is 16.7. The molecule has 1 saturated carbocycles. The molecule has 2 atom stereocenters. The molecule has 1 aliphatic rings. The summed E-state index contributed by atoms with van der Waals surface area (Å²) in [5, 5.41) is 0.399. The average Bonchev–Trinajstić information content (AvgIpc) is 2.47. The Hall–Kier alpha value is -0.620. The highest BCUT2D eigenvalue weighted by Crippen LogP contribution is 2.28. The van der Waals surface area contributed by atoms with E-state index in [4.69, 9.17) is 17.3 Å². The first-order chi connectivity index (χ1) is 9.96. The molecule has 1 fully saturated rings. The van der Waals surface area contributed by atoms with Crippen LogP contribution in [0.4, 0.5) is 0 Å². The van der Waals surface area contributed by atoms with E-state index in [-0.39, 0.29) is 10.9 Å². The number of benzene rings is 1. The Morgan fingerprint density at radius 1 is 1.38 bits per heavy atom. The van der Waals surface area contributed by atoms with Crippen molar-refractivity contribution in [3.05, 3.63) is 28.8 Å². The zero-order chi connectivity index (χ0) is 15.5. The lowest BCUT2D eigenvalue weighted by atomic mass is 9.85. The fourth-order valence-corrected chi connectivity index (χ4v) is 4.55. The molecule has 0 aliphatic heterocycles. The molecule has 2 rings (SSSR count). The van der Waals surface area contributed by atoms with Gasteiger partial charge in [0.2, 0.25) is 10.0 Å². The normalized spacial score (nSPS) is 23.2. The maximum absolute atomic E-state index is 12.4. The van der Waals surface area contributed by atoms with Crippen LogP contribution in [0.1, 0.15) is 44.6 Å². The van der Waals surface area contributed by atoms with Crippen LogP contribution in [-0.2, 0) is 16.6 Å². The summed E-state index contributed by atoms with van der Waals surface area (Å²) >= 11 is 6.05. The van der Waals surface area contributed by atoms with E-state index in [0.29, 0.717) is 17.5 Å². The minimum absolute atomic E-state index is 0.0293. The summed E-state index contributed by atoms with van der Waals surface area (Å²) in [7, 11) is -3.51. The van der Waals surface area contributed by atoms with Crippen LogP contribution >= 0.6 is 11.6 Å². The lowest BCUT2D eigenvalue weighted by Crippen LogP contribution is -2.38. The quantitative estimate of drug-likeness (QED) is 0.871. The van der Waals surface area contributed by atoms with Crippen molar-refractivity contribution in [2.45, 2.75) is 56.5 Å². The number of rotatable bonds is 5. The van der Waals surface area contributed by atoms with Crippen molar-refractivity contribution in [3.8, 4) is 0 Å². The second kappa shape index (κ2) is 7.09. The van der Waals surface area contributed by atoms with E-state index in [2.05, 4.69) is 11.6 Å². The minimum atomic E-state index is -3.51. The third kappa shape index (κ3) is 4.19. The highest BCUT2D eigenvalue weighted by molar-refractivity contribution is 7.89. The van der Waals surface area contributed by atoms with Gasteiger partial charge in [0.1, 0.15) is 0 Å². The molecular weight excluding hydrogens is 308 g/mol. The van der Waals surface area contributed by atoms with Gasteiger partial charge in [-0.3, -0.25) is 0 Å². The first-order valence-electron chi connectivity index (χ1n) is 7.47. The Morgan fingerprint density at radius 3 is 2.76 bits per heavy atom. The summed E-state index contributed by atoms with van der Waals surface area (Å²) in [6.07, 6.45) is 5.22. The van der Waals surface area contributed by atoms with Crippen LogP contribution < -0.4 is 10.5 Å². The first-order valence-corrected chi connectivity index (χ1v) is 9.33. The number of hydrogen-bond acceptors (Lipinski definition) is 3. The minimum Gasteiger partial charge on any atom is -0.326 e. The molecule has 0 spiro atoms. The maximum atomic E-state index is 12.4. The van der Waals surface area contributed by atoms with Crippen molar-refractivity contribution in [2.75, 3.05) is 0 Å². The molecule has 3 N–H and O–H groups in total. The van der Waals surface area contributed by atoms with Gasteiger partial charge in [0.05, 0.1) is 4.90 Å². The van der Waals surface area contributed by atoms with Crippen LogP contribution in [0.3, 0.4) is 0 Å². The molecule has 0 aromatic heterocycles. The summed E-state index contributed by atoms with van der Waals surface area (Å²) in [5.41, 5.74) is 6.29. The number of nitrogens with two attached hydrogens (primary N) is 1. The molecule has 0 radical (unpaired) electrons. The van der Waals surface area contributed by atoms with E-state index >= 15 is 0 Å². The van der Waals surface area contributed by atoms with Crippen LogP contribution in [0.25, 0.3) is 0 Å². The average molecular weight is 331 g/mol. The molecule has 0 saturated heterocycles. The SMILES string of the molecule is CCC1CCCC(NS(=O)(=O)c2ccc(CN)c(Cl)c2)C1. The zero-order valence-electron chi connectivity index (χ0n) is 12.3. The van der Waals surface area contributed by atoms with Gasteiger partial charge in [-0.15, -0.1) is 0 Å². The summed E-state index contributed by atoms with van der Waals surface area (Å²) in [6, 6.07) is 4.75. The van der Waals surface area contributed by atoms with Crippen molar-refractivity contribution >= 4 is 21.6 Å². The van der Waals surface area contributed by atoms with Crippen LogP contribution in [-0.4, -0.2) is 14.5 Å². The molecule has 4 nitrogen and oxygen atoms in total. The number of sulfonamides is 1. The fraction of sp³-hybridized carbons (Fsp3) is 0.600. The van der Waals surface area contributed by atoms with Crippen LogP contribution in [0.2, 0.25) is 5.02 Å². The molecule has 118 valence electrons. The maximum Gasteiger partial charge on any atom is 0.240 e. The smallest absolute Gasteiger partial charge is 0.240 e. The second-order valence-corrected chi connectivity index (χ2v) is 7.84. The molecular formula is C15H23ClN2O2S. The van der Waals surface area contributed by atoms with Gasteiger partial charge in [-0.05, 0) is 36.5 Å². The predicted octanol–water partition coefficient (Wildman–Crippen LogP) is 3.05. The lowest BCUT2D eigenvalue weighted by Gasteiger charge is -2.28. The summed E-state index contributed by atoms with van der Waals surface area (Å²) in [4.78, 5) is 0.211. The van der Waals surface area contributed by atoms with E-state index < -0.39 is 10.0 Å². The van der Waals surface area contributed by atoms with Crippen molar-refractivity contribution in [1.29, 1.82) is 0 Å². The Labute approximate surface area is 132 Å². The second-order valence-electron chi connectivity index (χ2n) is 5.72. The lowest BCUT2D eigenvalue weighted by molar-refractivity contribution is 0.301. The Balaban J connectivity index is 2.13. The Kier molecular flexibility index (Phi) is 5.66. The van der Waals surface area contributed by atoms with Gasteiger partial charge >= 0.3 is 0 Å². The van der Waals surface area contributed by atoms with Crippen molar-refractivity contribution in [2.24, 2.45) is 11.7 Å². The van der Waals surface area contributed by atoms with Gasteiger partial charge < -0.3 is 5.73 Å². The monoisotopic (exact) mass is 330 g/mol. The van der Waals surface area contributed by atoms with E-state index in [9.17, 15) is 8.42 Å². The molecule has 0 amide bonds. The summed E-state index contributed by atoms with van der Waals surface area (Å²) in [5.74, 6) is 0.620. The predicted molar refractivity (Wildman–Crippen MR) is 85.7 cm³/mol. The molecule has 2 unspecified atom stereocenters. The van der Waals surface area contributed by atoms with E-state index in [1.54, 1.807) is 12.1 Å². The zero-order valence-corrected chi connectivity index (χ0v) is 13.9. The van der Waals surface area contributed by atoms with Crippen molar-refractivity contribution in [3.63, 3.8) is 0 Å². The molecule has 21 heavy (non-hydrogen) atoms. The van der Waals surface area contributed by atoms with Crippen molar-refractivity contribution in [1.82, 2.24) is 4.72 Å². The molecule has 1 aromatic rings. The van der Waals surface area contributed by atoms with Crippen LogP contribution in [0.5, 0.6) is 0 Å². The summed E-state index contributed by atoms with van der Waals surface area (Å²) < 4.78 is 27.7. The topological polar surface area (TPSA) is 72.2 Å². The number of halogens is 1. The van der Waals surface area contributed by atoms with Gasteiger partial charge in [-0.25, -0.2) is 13.1 Å². The van der Waals surface area contributed by atoms with Crippen LogP contribution in [0.15, 0.2) is 23.1 Å². The molecule has 0 heterocycles. The number of nitrogens with one attached hydrogen (secondary N) is 1. The van der Waals surface area contributed by atoms with Gasteiger partial charge in [-0.2, -0.15) is 0 Å².